The van der Waals surface area contributed by atoms with E-state index in [0.717, 1.165) is 5.56 Å². The number of benzene rings is 2. The topological polar surface area (TPSA) is 209 Å². The lowest BCUT2D eigenvalue weighted by molar-refractivity contribution is -0.155. The lowest BCUT2D eigenvalue weighted by atomic mass is 10.0. The van der Waals surface area contributed by atoms with Gasteiger partial charge in [-0.15, -0.1) is 0 Å². The van der Waals surface area contributed by atoms with E-state index >= 15 is 4.79 Å². The molecule has 72 heavy (non-hydrogen) atoms. The van der Waals surface area contributed by atoms with E-state index in [1.54, 1.807) is 73.2 Å². The van der Waals surface area contributed by atoms with E-state index in [2.05, 4.69) is 37.2 Å². The van der Waals surface area contributed by atoms with Gasteiger partial charge in [0.15, 0.2) is 0 Å². The number of hydrogen-bond acceptors (Lipinski definition) is 13. The first-order chi connectivity index (χ1) is 33.8. The summed E-state index contributed by atoms with van der Waals surface area (Å²) < 4.78 is 24.7. The lowest BCUT2D eigenvalue weighted by Crippen LogP contribution is -2.57. The number of aromatic nitrogens is 2. The molecule has 3 atom stereocenters. The number of esters is 1. The minimum Gasteiger partial charge on any atom is -0.496 e. The van der Waals surface area contributed by atoms with Crippen LogP contribution < -0.4 is 26.0 Å². The monoisotopic (exact) mass is 1080 g/mol. The molecular weight excluding hydrogens is 1010 g/mol. The van der Waals surface area contributed by atoms with Gasteiger partial charge in [-0.25, -0.2) is 14.6 Å². The highest BCUT2D eigenvalue weighted by Gasteiger charge is 2.35. The molecule has 0 unspecified atom stereocenters. The molecule has 5 rings (SSSR count). The van der Waals surface area contributed by atoms with Crippen LogP contribution in [-0.4, -0.2) is 106 Å². The number of para-hydroxylation sites is 1. The third-order valence-corrected chi connectivity index (χ3v) is 13.3. The van der Waals surface area contributed by atoms with Crippen molar-refractivity contribution in [3.63, 3.8) is 0 Å². The summed E-state index contributed by atoms with van der Waals surface area (Å²) >= 11 is 5.08. The number of fused-ring (bicyclic) bond motifs is 3. The van der Waals surface area contributed by atoms with Crippen molar-refractivity contribution in [2.75, 3.05) is 20.7 Å². The van der Waals surface area contributed by atoms with E-state index in [4.69, 9.17) is 23.9 Å². The molecule has 4 aromatic rings. The van der Waals surface area contributed by atoms with Gasteiger partial charge >= 0.3 is 18.2 Å². The Bertz CT molecular complexity index is 2570. The molecule has 0 bridgehead atoms. The number of nitrogens with one attached hydrogen (secondary N) is 4. The molecule has 4 N–H and O–H groups in total. The van der Waals surface area contributed by atoms with Crippen molar-refractivity contribution < 1.29 is 47.7 Å². The average molecular weight is 1080 g/mol. The summed E-state index contributed by atoms with van der Waals surface area (Å²) in [6.07, 6.45) is 4.53. The first kappa shape index (κ1) is 57.2. The van der Waals surface area contributed by atoms with Crippen molar-refractivity contribution in [2.45, 2.75) is 172 Å². The first-order valence-corrected chi connectivity index (χ1v) is 26.0. The van der Waals surface area contributed by atoms with Crippen molar-refractivity contribution in [3.05, 3.63) is 82.1 Å². The Balaban J connectivity index is 1.58. The zero-order valence-electron chi connectivity index (χ0n) is 43.5. The van der Waals surface area contributed by atoms with Gasteiger partial charge < -0.3 is 45.1 Å². The van der Waals surface area contributed by atoms with Gasteiger partial charge in [0.25, 0.3) is 0 Å². The predicted octanol–water partition coefficient (Wildman–Crippen LogP) is 8.98. The standard InChI is InChI=1S/C53H72BrN7O10S/c1-51(2,3)69-43(62)24-15-13-21-38-45(63)59-39(22-16-17-27-56-49(66)70-52(4,5)6)48(65)60(10)41(29-34-32-61(50(67)71-53(7,8)9)40-23-14-12-20-35(34)40)46(64)58-31-36-37(54)25-26-42(68-11)44(36)72-47-33(30-57-38)19-18-28-55-47/h12,14,18-20,23,25-26,28,32,38-39,41,57H,13,15-17,21-22,24,27,29-31H2,1-11H3,(H,56,66)(H,58,64)(H,59,63)/t38-,39-,41-/m0/s1. The minimum atomic E-state index is -1.16. The minimum absolute atomic E-state index is 0.0216. The normalized spacial score (nSPS) is 17.5. The van der Waals surface area contributed by atoms with Crippen LogP contribution in [0.2, 0.25) is 0 Å². The van der Waals surface area contributed by atoms with Gasteiger partial charge in [0.2, 0.25) is 17.7 Å². The molecule has 0 spiro atoms. The van der Waals surface area contributed by atoms with Crippen LogP contribution in [0.25, 0.3) is 10.9 Å². The number of nitrogens with zero attached hydrogens (tertiary/aromatic N) is 3. The van der Waals surface area contributed by atoms with E-state index in [-0.39, 0.29) is 44.9 Å². The number of alkyl carbamates (subject to hydrolysis) is 1. The van der Waals surface area contributed by atoms with Gasteiger partial charge in [0.05, 0.1) is 23.6 Å². The summed E-state index contributed by atoms with van der Waals surface area (Å²) in [6, 6.07) is 11.5. The highest BCUT2D eigenvalue weighted by molar-refractivity contribution is 9.10. The number of carbonyl (C=O) groups is 6. The van der Waals surface area contributed by atoms with E-state index < -0.39 is 64.8 Å². The van der Waals surface area contributed by atoms with Gasteiger partial charge in [-0.3, -0.25) is 23.7 Å². The van der Waals surface area contributed by atoms with Crippen molar-refractivity contribution in [1.29, 1.82) is 0 Å². The Morgan fingerprint density at radius 3 is 2.19 bits per heavy atom. The molecule has 1 aliphatic rings. The molecule has 0 aliphatic carbocycles. The summed E-state index contributed by atoms with van der Waals surface area (Å²) in [5.41, 5.74) is 0.533. The molecule has 4 amide bonds. The second kappa shape index (κ2) is 25.3. The molecule has 17 nitrogen and oxygen atoms in total. The fourth-order valence-corrected chi connectivity index (χ4v) is 9.76. The van der Waals surface area contributed by atoms with Crippen LogP contribution in [-0.2, 0) is 52.9 Å². The zero-order chi connectivity index (χ0) is 53.0. The summed E-state index contributed by atoms with van der Waals surface area (Å²) in [6.45, 7) is 16.6. The third-order valence-electron chi connectivity index (χ3n) is 11.4. The number of rotatable bonds is 13. The third kappa shape index (κ3) is 17.0. The Morgan fingerprint density at radius 2 is 1.50 bits per heavy atom. The SMILES string of the molecule is COc1ccc(Br)c2c1Sc1ncccc1CN[C@@H](CCCCC(=O)OC(C)(C)C)C(=O)N[C@@H](CCCCNC(=O)OC(C)(C)C)C(=O)N(C)[C@@H](Cc1cn(C(=O)OC(C)(C)C)c3ccccc13)C(=O)NC2. The van der Waals surface area contributed by atoms with Crippen LogP contribution in [0, 0.1) is 0 Å². The molecule has 19 heteroatoms. The van der Waals surface area contributed by atoms with Crippen LogP contribution in [0.3, 0.4) is 0 Å². The smallest absolute Gasteiger partial charge is 0.419 e. The quantitative estimate of drug-likeness (QED) is 0.0561. The maximum atomic E-state index is 15.2. The summed E-state index contributed by atoms with van der Waals surface area (Å²) in [5.74, 6) is -1.27. The molecule has 3 heterocycles. The van der Waals surface area contributed by atoms with E-state index in [0.29, 0.717) is 74.3 Å². The zero-order valence-corrected chi connectivity index (χ0v) is 45.9. The molecule has 0 fully saturated rings. The number of unbranched alkanes of at least 4 members (excludes halogenated alkanes) is 2. The average Bonchev–Trinajstić information content (AvgIpc) is 3.66. The van der Waals surface area contributed by atoms with Crippen molar-refractivity contribution in [1.82, 2.24) is 35.7 Å². The largest absolute Gasteiger partial charge is 0.496 e. The Labute approximate surface area is 436 Å². The van der Waals surface area contributed by atoms with Crippen molar-refractivity contribution in [3.8, 4) is 5.75 Å². The number of likely N-dealkylation sites (N-methyl/N-ethyl adjacent to an activating group) is 1. The van der Waals surface area contributed by atoms with Crippen LogP contribution in [0.1, 0.15) is 124 Å². The van der Waals surface area contributed by atoms with Crippen LogP contribution in [0.5, 0.6) is 5.75 Å². The van der Waals surface area contributed by atoms with Gasteiger partial charge in [0, 0.05) is 67.3 Å². The van der Waals surface area contributed by atoms with Gasteiger partial charge in [-0.05, 0) is 130 Å². The van der Waals surface area contributed by atoms with Crippen LogP contribution in [0.15, 0.2) is 75.3 Å². The lowest BCUT2D eigenvalue weighted by Gasteiger charge is -2.32. The highest BCUT2D eigenvalue weighted by atomic mass is 79.9. The molecule has 1 aliphatic heterocycles. The second-order valence-corrected chi connectivity index (χ2v) is 22.6. The molecule has 2 aromatic heterocycles. The number of hydrogen-bond donors (Lipinski definition) is 4. The van der Waals surface area contributed by atoms with E-state index in [9.17, 15) is 24.0 Å². The summed E-state index contributed by atoms with van der Waals surface area (Å²) in [5, 5.41) is 13.7. The van der Waals surface area contributed by atoms with Crippen LogP contribution in [0.4, 0.5) is 9.59 Å². The highest BCUT2D eigenvalue weighted by Crippen LogP contribution is 2.41. The number of pyridine rings is 1. The molecule has 0 saturated carbocycles. The van der Waals surface area contributed by atoms with E-state index in [1.807, 2.05) is 57.2 Å². The maximum absolute atomic E-state index is 15.2. The fraction of sp³-hybridized carbons (Fsp3) is 0.528. The first-order valence-electron chi connectivity index (χ1n) is 24.4. The molecular formula is C53H72BrN7O10S. The molecule has 2 aromatic carbocycles. The number of methoxy groups -OCH3 is 1. The van der Waals surface area contributed by atoms with E-state index in [1.165, 1.54) is 28.3 Å². The van der Waals surface area contributed by atoms with Crippen molar-refractivity contribution >= 4 is 74.5 Å². The van der Waals surface area contributed by atoms with Gasteiger partial charge in [0.1, 0.15) is 39.7 Å². The summed E-state index contributed by atoms with van der Waals surface area (Å²) in [4.78, 5) is 90.4. The number of halogens is 1. The van der Waals surface area contributed by atoms with Gasteiger partial charge in [-0.2, -0.15) is 0 Å². The Kier molecular flexibility index (Phi) is 20.1. The second-order valence-electron chi connectivity index (χ2n) is 20.8. The number of carbonyl (C=O) groups excluding carboxylic acids is 6. The number of amides is 4. The summed E-state index contributed by atoms with van der Waals surface area (Å²) in [7, 11) is 3.10. The Hall–Kier alpha value is -5.66. The fourth-order valence-electron chi connectivity index (χ4n) is 8.03. The predicted molar refractivity (Wildman–Crippen MR) is 280 cm³/mol. The maximum Gasteiger partial charge on any atom is 0.419 e. The Morgan fingerprint density at radius 1 is 0.819 bits per heavy atom. The number of ether oxygens (including phenoxy) is 4. The molecule has 0 radical (unpaired) electrons. The molecule has 392 valence electrons. The van der Waals surface area contributed by atoms with Crippen molar-refractivity contribution in [2.24, 2.45) is 0 Å². The molecule has 0 saturated heterocycles. The van der Waals surface area contributed by atoms with Gasteiger partial charge in [-0.1, -0.05) is 58.4 Å². The van der Waals surface area contributed by atoms with Crippen LogP contribution >= 0.6 is 27.7 Å².